The Balaban J connectivity index is 1.08. The van der Waals surface area contributed by atoms with Crippen molar-refractivity contribution < 1.29 is 0 Å². The van der Waals surface area contributed by atoms with E-state index in [4.69, 9.17) is 9.97 Å². The SMILES string of the molecule is C1=CNC(c2nc3ccccc3n2-c2ccc(-c3ccc(-c4c5ccc6ccccc6c5nc5c4ccc4ccccc45)cc3)cc2)C=C1. The summed E-state index contributed by atoms with van der Waals surface area (Å²) in [5.41, 5.74) is 9.99. The van der Waals surface area contributed by atoms with E-state index in [1.54, 1.807) is 0 Å². The summed E-state index contributed by atoms with van der Waals surface area (Å²) in [5, 5.41) is 10.5. The molecule has 0 saturated carbocycles. The van der Waals surface area contributed by atoms with E-state index in [9.17, 15) is 0 Å². The monoisotopic (exact) mass is 626 g/mol. The van der Waals surface area contributed by atoms with Crippen LogP contribution in [-0.2, 0) is 0 Å². The molecular formula is C45H30N4. The molecule has 1 aliphatic heterocycles. The molecule has 0 saturated heterocycles. The van der Waals surface area contributed by atoms with Crippen LogP contribution in [0.4, 0.5) is 0 Å². The van der Waals surface area contributed by atoms with Crippen molar-refractivity contribution in [1.29, 1.82) is 0 Å². The minimum Gasteiger partial charge on any atom is -0.378 e. The lowest BCUT2D eigenvalue weighted by Crippen LogP contribution is -2.19. The molecule has 49 heavy (non-hydrogen) atoms. The van der Waals surface area contributed by atoms with Crippen molar-refractivity contribution in [3.63, 3.8) is 0 Å². The maximum absolute atomic E-state index is 5.35. The number of imidazole rings is 1. The minimum atomic E-state index is 0.000877. The van der Waals surface area contributed by atoms with Crippen LogP contribution < -0.4 is 5.32 Å². The Morgan fingerprint density at radius 1 is 0.490 bits per heavy atom. The maximum atomic E-state index is 5.35. The molecule has 4 heteroatoms. The number of pyridine rings is 1. The molecule has 230 valence electrons. The van der Waals surface area contributed by atoms with Gasteiger partial charge in [-0.3, -0.25) is 4.57 Å². The first kappa shape index (κ1) is 27.6. The third kappa shape index (κ3) is 4.45. The number of nitrogens with one attached hydrogen (secondary N) is 1. The second-order valence-corrected chi connectivity index (χ2v) is 12.7. The van der Waals surface area contributed by atoms with E-state index in [2.05, 4.69) is 162 Å². The Hall–Kier alpha value is -6.52. The first-order valence-corrected chi connectivity index (χ1v) is 16.7. The van der Waals surface area contributed by atoms with Crippen LogP contribution in [-0.4, -0.2) is 14.5 Å². The smallest absolute Gasteiger partial charge is 0.141 e. The van der Waals surface area contributed by atoms with E-state index in [-0.39, 0.29) is 6.04 Å². The van der Waals surface area contributed by atoms with Crippen LogP contribution in [0, 0.1) is 0 Å². The maximum Gasteiger partial charge on any atom is 0.141 e. The van der Waals surface area contributed by atoms with E-state index >= 15 is 0 Å². The van der Waals surface area contributed by atoms with Gasteiger partial charge in [-0.2, -0.15) is 0 Å². The van der Waals surface area contributed by atoms with Gasteiger partial charge in [-0.05, 0) is 64.0 Å². The summed E-state index contributed by atoms with van der Waals surface area (Å²) >= 11 is 0. The molecule has 0 aliphatic carbocycles. The molecule has 10 rings (SSSR count). The summed E-state index contributed by atoms with van der Waals surface area (Å²) in [6, 6.07) is 52.2. The zero-order valence-electron chi connectivity index (χ0n) is 26.6. The van der Waals surface area contributed by atoms with E-state index in [1.165, 1.54) is 54.6 Å². The summed E-state index contributed by atoms with van der Waals surface area (Å²) in [7, 11) is 0. The molecule has 3 heterocycles. The number of para-hydroxylation sites is 2. The van der Waals surface area contributed by atoms with Crippen molar-refractivity contribution in [1.82, 2.24) is 19.9 Å². The molecule has 0 bridgehead atoms. The molecule has 0 amide bonds. The molecule has 1 N–H and O–H groups in total. The molecule has 0 radical (unpaired) electrons. The summed E-state index contributed by atoms with van der Waals surface area (Å²) in [5.74, 6) is 0.969. The summed E-state index contributed by atoms with van der Waals surface area (Å²) in [6.07, 6.45) is 8.20. The number of allylic oxidation sites excluding steroid dienone is 2. The highest BCUT2D eigenvalue weighted by molar-refractivity contribution is 6.21. The van der Waals surface area contributed by atoms with E-state index in [0.29, 0.717) is 0 Å². The van der Waals surface area contributed by atoms with Gasteiger partial charge in [0.05, 0.1) is 22.1 Å². The van der Waals surface area contributed by atoms with E-state index in [1.807, 2.05) is 18.3 Å². The molecule has 0 spiro atoms. The van der Waals surface area contributed by atoms with Gasteiger partial charge >= 0.3 is 0 Å². The lowest BCUT2D eigenvalue weighted by atomic mass is 9.91. The fourth-order valence-electron chi connectivity index (χ4n) is 7.49. The standard InChI is InChI=1S/C45H30N4/c1-3-11-35-31(9-1)22-26-37-42(38-27-23-32-10-2-4-12-36(32)44(38)48-43(35)37)33-18-16-29(17-19-33)30-20-24-34(25-21-30)49-41-15-6-5-13-39(41)47-45(49)40-14-7-8-28-46-40/h1-28,40,46H. The number of dihydropyridines is 1. The average Bonchev–Trinajstić information content (AvgIpc) is 3.57. The van der Waals surface area contributed by atoms with Gasteiger partial charge in [0.2, 0.25) is 0 Å². The van der Waals surface area contributed by atoms with Gasteiger partial charge in [0.1, 0.15) is 11.9 Å². The topological polar surface area (TPSA) is 42.7 Å². The lowest BCUT2D eigenvalue weighted by Gasteiger charge is -2.18. The van der Waals surface area contributed by atoms with Gasteiger partial charge in [0.25, 0.3) is 0 Å². The Kier molecular flexibility index (Phi) is 6.21. The van der Waals surface area contributed by atoms with Gasteiger partial charge in [-0.1, -0.05) is 133 Å². The summed E-state index contributed by atoms with van der Waals surface area (Å²) in [6.45, 7) is 0. The normalized spacial score (nSPS) is 14.3. The fraction of sp³-hybridized carbons (Fsp3) is 0.0222. The van der Waals surface area contributed by atoms with Crippen LogP contribution in [0.25, 0.3) is 82.3 Å². The fourth-order valence-corrected chi connectivity index (χ4v) is 7.49. The number of hydrogen-bond donors (Lipinski definition) is 1. The quantitative estimate of drug-likeness (QED) is 0.156. The Morgan fingerprint density at radius 2 is 1.08 bits per heavy atom. The highest BCUT2D eigenvalue weighted by Crippen LogP contribution is 2.40. The molecule has 7 aromatic carbocycles. The molecule has 1 aliphatic rings. The van der Waals surface area contributed by atoms with Crippen LogP contribution in [0.2, 0.25) is 0 Å². The Morgan fingerprint density at radius 3 is 1.73 bits per heavy atom. The van der Waals surface area contributed by atoms with Gasteiger partial charge in [-0.25, -0.2) is 9.97 Å². The molecule has 4 nitrogen and oxygen atoms in total. The molecular weight excluding hydrogens is 597 g/mol. The molecule has 9 aromatic rings. The third-order valence-electron chi connectivity index (χ3n) is 9.85. The highest BCUT2D eigenvalue weighted by atomic mass is 15.1. The first-order valence-electron chi connectivity index (χ1n) is 16.7. The van der Waals surface area contributed by atoms with Gasteiger partial charge in [0.15, 0.2) is 0 Å². The van der Waals surface area contributed by atoms with Crippen molar-refractivity contribution in [3.8, 4) is 27.9 Å². The van der Waals surface area contributed by atoms with Crippen LogP contribution in [0.3, 0.4) is 0 Å². The molecule has 1 atom stereocenters. The molecule has 0 fully saturated rings. The number of hydrogen-bond acceptors (Lipinski definition) is 3. The lowest BCUT2D eigenvalue weighted by molar-refractivity contribution is 0.682. The van der Waals surface area contributed by atoms with Crippen molar-refractivity contribution in [2.24, 2.45) is 0 Å². The number of aromatic nitrogens is 3. The average molecular weight is 627 g/mol. The summed E-state index contributed by atoms with van der Waals surface area (Å²) in [4.78, 5) is 10.4. The predicted octanol–water partition coefficient (Wildman–Crippen LogP) is 11.1. The Bertz CT molecular complexity index is 2690. The predicted molar refractivity (Wildman–Crippen MR) is 204 cm³/mol. The molecule has 2 aromatic heterocycles. The summed E-state index contributed by atoms with van der Waals surface area (Å²) < 4.78 is 2.26. The zero-order valence-corrected chi connectivity index (χ0v) is 26.6. The zero-order chi connectivity index (χ0) is 32.3. The second-order valence-electron chi connectivity index (χ2n) is 12.7. The van der Waals surface area contributed by atoms with Crippen molar-refractivity contribution in [2.45, 2.75) is 6.04 Å². The van der Waals surface area contributed by atoms with Crippen molar-refractivity contribution >= 4 is 54.4 Å². The number of benzene rings is 7. The van der Waals surface area contributed by atoms with Crippen molar-refractivity contribution in [2.75, 3.05) is 0 Å². The highest BCUT2D eigenvalue weighted by Gasteiger charge is 2.20. The van der Waals surface area contributed by atoms with Crippen LogP contribution >= 0.6 is 0 Å². The van der Waals surface area contributed by atoms with Gasteiger partial charge < -0.3 is 5.32 Å². The van der Waals surface area contributed by atoms with Crippen molar-refractivity contribution in [3.05, 3.63) is 176 Å². The minimum absolute atomic E-state index is 0.000877. The van der Waals surface area contributed by atoms with Crippen LogP contribution in [0.5, 0.6) is 0 Å². The van der Waals surface area contributed by atoms with E-state index in [0.717, 1.165) is 33.6 Å². The van der Waals surface area contributed by atoms with Gasteiger partial charge in [0, 0.05) is 32.8 Å². The van der Waals surface area contributed by atoms with Crippen LogP contribution in [0.15, 0.2) is 170 Å². The Labute approximate surface area is 283 Å². The largest absolute Gasteiger partial charge is 0.378 e. The third-order valence-corrected chi connectivity index (χ3v) is 9.85. The number of nitrogens with zero attached hydrogens (tertiary/aromatic N) is 3. The van der Waals surface area contributed by atoms with Crippen LogP contribution in [0.1, 0.15) is 11.9 Å². The van der Waals surface area contributed by atoms with E-state index < -0.39 is 0 Å². The number of rotatable bonds is 4. The van der Waals surface area contributed by atoms with Gasteiger partial charge in [-0.15, -0.1) is 0 Å². The number of fused-ring (bicyclic) bond motifs is 7. The molecule has 1 unspecified atom stereocenters. The first-order chi connectivity index (χ1) is 24.3. The second kappa shape index (κ2) is 11.0.